The number of urea groups is 1. The lowest BCUT2D eigenvalue weighted by Gasteiger charge is -2.20. The van der Waals surface area contributed by atoms with Gasteiger partial charge in [-0.3, -0.25) is 0 Å². The molecule has 3 N–H and O–H groups in total. The molecule has 212 valence electrons. The van der Waals surface area contributed by atoms with E-state index in [9.17, 15) is 4.79 Å². The fraction of sp³-hybridized carbons (Fsp3) is 0.0882. The van der Waals surface area contributed by atoms with E-state index in [0.717, 1.165) is 50.4 Å². The molecule has 0 aliphatic heterocycles. The van der Waals surface area contributed by atoms with E-state index in [0.29, 0.717) is 18.1 Å². The highest BCUT2D eigenvalue weighted by atomic mass is 35.5. The zero-order chi connectivity index (χ0) is 29.6. The van der Waals surface area contributed by atoms with Gasteiger partial charge in [-0.15, -0.1) is 0 Å². The van der Waals surface area contributed by atoms with Crippen molar-refractivity contribution in [3.05, 3.63) is 149 Å². The standard InChI is InChI=1S/C34H30BClN6O/c35-28-22-39-42-31(19-30(40-33(28)42)27-13-7-8-14-29(27)36)37-20-23-15-17-24(18-16-23)21-38-34(43)41-32(25-9-3-1-4-10-25)26-11-5-2-6-12-26/h1-19,22,32,37H,20-21,35H2,(H2,38,41,43). The minimum atomic E-state index is -0.243. The second-order valence-corrected chi connectivity index (χ2v) is 10.7. The van der Waals surface area contributed by atoms with Gasteiger partial charge in [-0.2, -0.15) is 9.61 Å². The van der Waals surface area contributed by atoms with Crippen molar-refractivity contribution in [2.75, 3.05) is 5.32 Å². The zero-order valence-corrected chi connectivity index (χ0v) is 24.4. The van der Waals surface area contributed by atoms with Crippen molar-refractivity contribution >= 4 is 42.4 Å². The van der Waals surface area contributed by atoms with E-state index in [1.165, 1.54) is 0 Å². The summed E-state index contributed by atoms with van der Waals surface area (Å²) in [6.07, 6.45) is 1.81. The summed E-state index contributed by atoms with van der Waals surface area (Å²) >= 11 is 6.48. The summed E-state index contributed by atoms with van der Waals surface area (Å²) < 4.78 is 1.81. The number of amides is 2. The molecule has 0 unspecified atom stereocenters. The summed E-state index contributed by atoms with van der Waals surface area (Å²) in [5, 5.41) is 14.8. The van der Waals surface area contributed by atoms with E-state index >= 15 is 0 Å². The van der Waals surface area contributed by atoms with Crippen molar-refractivity contribution in [1.29, 1.82) is 0 Å². The average molecular weight is 585 g/mol. The van der Waals surface area contributed by atoms with E-state index in [-0.39, 0.29) is 12.1 Å². The van der Waals surface area contributed by atoms with Crippen molar-refractivity contribution in [3.63, 3.8) is 0 Å². The van der Waals surface area contributed by atoms with Gasteiger partial charge in [0, 0.05) is 35.9 Å². The van der Waals surface area contributed by atoms with E-state index in [1.807, 2.05) is 122 Å². The van der Waals surface area contributed by atoms with Crippen molar-refractivity contribution in [2.45, 2.75) is 19.1 Å². The monoisotopic (exact) mass is 584 g/mol. The molecule has 6 rings (SSSR count). The lowest BCUT2D eigenvalue weighted by Crippen LogP contribution is -2.38. The number of nitrogens with zero attached hydrogens (tertiary/aromatic N) is 3. The van der Waals surface area contributed by atoms with Gasteiger partial charge in [0.1, 0.15) is 13.7 Å². The third-order valence-electron chi connectivity index (χ3n) is 7.29. The molecular formula is C34H30BClN6O. The highest BCUT2D eigenvalue weighted by Crippen LogP contribution is 2.28. The molecule has 0 fully saturated rings. The highest BCUT2D eigenvalue weighted by Gasteiger charge is 2.16. The van der Waals surface area contributed by atoms with Crippen LogP contribution in [0.4, 0.5) is 10.6 Å². The first-order valence-corrected chi connectivity index (χ1v) is 14.5. The maximum Gasteiger partial charge on any atom is 0.315 e. The Morgan fingerprint density at radius 1 is 0.814 bits per heavy atom. The predicted molar refractivity (Wildman–Crippen MR) is 175 cm³/mol. The lowest BCUT2D eigenvalue weighted by molar-refractivity contribution is 0.238. The molecule has 0 aliphatic carbocycles. The van der Waals surface area contributed by atoms with Crippen LogP contribution in [0.2, 0.25) is 5.02 Å². The molecule has 0 saturated heterocycles. The Hall–Kier alpha value is -5.08. The number of benzene rings is 4. The van der Waals surface area contributed by atoms with Gasteiger partial charge in [-0.05, 0) is 33.8 Å². The van der Waals surface area contributed by atoms with Gasteiger partial charge in [0.25, 0.3) is 0 Å². The number of rotatable bonds is 9. The molecule has 0 bridgehead atoms. The number of aromatic nitrogens is 3. The molecule has 2 aromatic heterocycles. The minimum absolute atomic E-state index is 0.228. The number of anilines is 1. The van der Waals surface area contributed by atoms with Crippen LogP contribution in [-0.4, -0.2) is 28.5 Å². The van der Waals surface area contributed by atoms with Crippen LogP contribution in [0.15, 0.2) is 121 Å². The summed E-state index contributed by atoms with van der Waals surface area (Å²) in [5.74, 6) is 0.821. The van der Waals surface area contributed by atoms with Gasteiger partial charge in [0.15, 0.2) is 5.65 Å². The van der Waals surface area contributed by atoms with Gasteiger partial charge in [-0.25, -0.2) is 9.78 Å². The van der Waals surface area contributed by atoms with Gasteiger partial charge >= 0.3 is 6.03 Å². The first-order valence-electron chi connectivity index (χ1n) is 14.1. The Labute approximate surface area is 256 Å². The molecule has 2 heterocycles. The highest BCUT2D eigenvalue weighted by molar-refractivity contribution is 6.36. The molecule has 9 heteroatoms. The summed E-state index contributed by atoms with van der Waals surface area (Å²) in [6.45, 7) is 0.999. The predicted octanol–water partition coefficient (Wildman–Crippen LogP) is 5.51. The molecular weight excluding hydrogens is 555 g/mol. The lowest BCUT2D eigenvalue weighted by atomic mass is 9.99. The average Bonchev–Trinajstić information content (AvgIpc) is 3.43. The van der Waals surface area contributed by atoms with E-state index < -0.39 is 0 Å². The third kappa shape index (κ3) is 6.55. The van der Waals surface area contributed by atoms with Gasteiger partial charge < -0.3 is 16.0 Å². The van der Waals surface area contributed by atoms with Crippen LogP contribution >= 0.6 is 11.6 Å². The van der Waals surface area contributed by atoms with Gasteiger partial charge in [0.05, 0.1) is 11.7 Å². The summed E-state index contributed by atoms with van der Waals surface area (Å²) in [4.78, 5) is 17.7. The van der Waals surface area contributed by atoms with Crippen LogP contribution in [0, 0.1) is 0 Å². The van der Waals surface area contributed by atoms with Crippen molar-refractivity contribution in [2.24, 2.45) is 0 Å². The number of carbonyl (C=O) groups is 1. The topological polar surface area (TPSA) is 83.3 Å². The van der Waals surface area contributed by atoms with E-state index in [2.05, 4.69) is 33.2 Å². The number of carbonyl (C=O) groups excluding carboxylic acids is 1. The molecule has 0 saturated carbocycles. The summed E-state index contributed by atoms with van der Waals surface area (Å²) in [5.41, 5.74) is 7.56. The Kier molecular flexibility index (Phi) is 8.38. The van der Waals surface area contributed by atoms with Crippen LogP contribution in [0.25, 0.3) is 16.9 Å². The number of fused-ring (bicyclic) bond motifs is 1. The van der Waals surface area contributed by atoms with Crippen LogP contribution in [0.5, 0.6) is 0 Å². The van der Waals surface area contributed by atoms with Crippen molar-refractivity contribution < 1.29 is 4.79 Å². The van der Waals surface area contributed by atoms with Crippen LogP contribution < -0.4 is 21.4 Å². The van der Waals surface area contributed by atoms with Crippen LogP contribution in [0.3, 0.4) is 0 Å². The van der Waals surface area contributed by atoms with Crippen molar-refractivity contribution in [3.8, 4) is 11.3 Å². The first kappa shape index (κ1) is 28.1. The molecule has 43 heavy (non-hydrogen) atoms. The molecule has 0 atom stereocenters. The van der Waals surface area contributed by atoms with Gasteiger partial charge in [0.2, 0.25) is 0 Å². The number of halogens is 1. The molecule has 4 aromatic carbocycles. The molecule has 2 amide bonds. The second kappa shape index (κ2) is 12.8. The maximum atomic E-state index is 12.9. The zero-order valence-electron chi connectivity index (χ0n) is 23.7. The smallest absolute Gasteiger partial charge is 0.315 e. The molecule has 6 aromatic rings. The second-order valence-electron chi connectivity index (χ2n) is 10.3. The minimum Gasteiger partial charge on any atom is -0.366 e. The summed E-state index contributed by atoms with van der Waals surface area (Å²) in [6, 6.07) is 37.3. The first-order chi connectivity index (χ1) is 21.0. The Morgan fingerprint density at radius 2 is 1.42 bits per heavy atom. The fourth-order valence-corrected chi connectivity index (χ4v) is 5.22. The SMILES string of the molecule is Bc1cnn2c(NCc3ccc(CNC(=O)NC(c4ccccc4)c4ccccc4)cc3)cc(-c3ccccc3Cl)nc12. The largest absolute Gasteiger partial charge is 0.366 e. The Balaban J connectivity index is 1.10. The maximum absolute atomic E-state index is 12.9. The normalized spacial score (nSPS) is 11.0. The van der Waals surface area contributed by atoms with Gasteiger partial charge in [-0.1, -0.05) is 115 Å². The molecule has 0 spiro atoms. The Morgan fingerprint density at radius 3 is 2.07 bits per heavy atom. The number of hydrogen-bond donors (Lipinski definition) is 3. The number of hydrogen-bond acceptors (Lipinski definition) is 4. The fourth-order valence-electron chi connectivity index (χ4n) is 4.99. The Bertz CT molecular complexity index is 1810. The quantitative estimate of drug-likeness (QED) is 0.196. The number of nitrogens with one attached hydrogen (secondary N) is 3. The molecule has 0 radical (unpaired) electrons. The molecule has 0 aliphatic rings. The third-order valence-corrected chi connectivity index (χ3v) is 7.62. The molecule has 7 nitrogen and oxygen atoms in total. The van der Waals surface area contributed by atoms with E-state index in [1.54, 1.807) is 0 Å². The summed E-state index contributed by atoms with van der Waals surface area (Å²) in [7, 11) is 1.99. The van der Waals surface area contributed by atoms with Crippen LogP contribution in [0.1, 0.15) is 28.3 Å². The van der Waals surface area contributed by atoms with Crippen LogP contribution in [-0.2, 0) is 13.1 Å². The van der Waals surface area contributed by atoms with E-state index in [4.69, 9.17) is 16.6 Å². The van der Waals surface area contributed by atoms with Crippen molar-refractivity contribution in [1.82, 2.24) is 25.2 Å².